The summed E-state index contributed by atoms with van der Waals surface area (Å²) in [6.45, 7) is 0. The number of halogens is 1. The predicted molar refractivity (Wildman–Crippen MR) is 97.3 cm³/mol. The number of nitrogens with one attached hydrogen (secondary N) is 1. The molecule has 0 saturated heterocycles. The molecule has 0 aliphatic heterocycles. The zero-order valence-electron chi connectivity index (χ0n) is 13.1. The van der Waals surface area contributed by atoms with Crippen molar-refractivity contribution in [2.75, 3.05) is 5.32 Å². The first-order valence-electron chi connectivity index (χ1n) is 7.26. The summed E-state index contributed by atoms with van der Waals surface area (Å²) in [4.78, 5) is 18.7. The van der Waals surface area contributed by atoms with Gasteiger partial charge in [-0.1, -0.05) is 6.07 Å². The number of anilines is 2. The number of hydrogen-bond donors (Lipinski definition) is 1. The largest absolute Gasteiger partial charge is 0.424 e. The van der Waals surface area contributed by atoms with Crippen LogP contribution in [0.3, 0.4) is 0 Å². The molecule has 8 nitrogen and oxygen atoms in total. The van der Waals surface area contributed by atoms with E-state index < -0.39 is 4.92 Å². The molecule has 0 bridgehead atoms. The van der Waals surface area contributed by atoms with Crippen LogP contribution < -0.4 is 10.1 Å². The topological polar surface area (TPSA) is 114 Å². The first-order chi connectivity index (χ1) is 12.5. The molecule has 128 valence electrons. The standard InChI is InChI=1S/C17H10BrN5O3/c18-12-9-20-17(21-10-12)26-14-3-1-2-13(7-14)22-15-5-4-11(8-19)6-16(15)23(24)25/h1-7,9-10,22H. The Bertz CT molecular complexity index is 1000. The Morgan fingerprint density at radius 1 is 1.19 bits per heavy atom. The van der Waals surface area contributed by atoms with Crippen molar-refractivity contribution in [3.63, 3.8) is 0 Å². The summed E-state index contributed by atoms with van der Waals surface area (Å²) in [7, 11) is 0. The highest BCUT2D eigenvalue weighted by Crippen LogP contribution is 2.30. The number of nitro benzene ring substituents is 1. The summed E-state index contributed by atoms with van der Waals surface area (Å²) in [6.07, 6.45) is 3.12. The Hall–Kier alpha value is -3.51. The van der Waals surface area contributed by atoms with Crippen LogP contribution in [-0.4, -0.2) is 14.9 Å². The van der Waals surface area contributed by atoms with Crippen molar-refractivity contribution in [1.82, 2.24) is 9.97 Å². The lowest BCUT2D eigenvalue weighted by Crippen LogP contribution is -1.98. The molecule has 3 aromatic rings. The van der Waals surface area contributed by atoms with E-state index >= 15 is 0 Å². The van der Waals surface area contributed by atoms with Gasteiger partial charge in [0.1, 0.15) is 11.4 Å². The van der Waals surface area contributed by atoms with Crippen molar-refractivity contribution in [3.05, 3.63) is 75.0 Å². The highest BCUT2D eigenvalue weighted by molar-refractivity contribution is 9.10. The fraction of sp³-hybridized carbons (Fsp3) is 0. The second kappa shape index (κ2) is 7.58. The van der Waals surface area contributed by atoms with Gasteiger partial charge in [-0.05, 0) is 40.2 Å². The minimum atomic E-state index is -0.542. The molecule has 0 atom stereocenters. The highest BCUT2D eigenvalue weighted by Gasteiger charge is 2.15. The van der Waals surface area contributed by atoms with Crippen molar-refractivity contribution < 1.29 is 9.66 Å². The van der Waals surface area contributed by atoms with Gasteiger partial charge in [-0.2, -0.15) is 5.26 Å². The van der Waals surface area contributed by atoms with Gasteiger partial charge in [-0.25, -0.2) is 9.97 Å². The smallest absolute Gasteiger partial charge is 0.321 e. The number of hydrogen-bond acceptors (Lipinski definition) is 7. The molecule has 0 saturated carbocycles. The third-order valence-electron chi connectivity index (χ3n) is 3.24. The quantitative estimate of drug-likeness (QED) is 0.483. The third-order valence-corrected chi connectivity index (χ3v) is 3.65. The molecule has 3 rings (SSSR count). The normalized spacial score (nSPS) is 10.0. The Labute approximate surface area is 156 Å². The van der Waals surface area contributed by atoms with Crippen molar-refractivity contribution in [1.29, 1.82) is 5.26 Å². The lowest BCUT2D eigenvalue weighted by Gasteiger charge is -2.09. The molecular formula is C17H10BrN5O3. The van der Waals surface area contributed by atoms with Crippen LogP contribution in [0.5, 0.6) is 11.8 Å². The van der Waals surface area contributed by atoms with E-state index in [9.17, 15) is 10.1 Å². The molecule has 1 aromatic heterocycles. The van der Waals surface area contributed by atoms with Gasteiger partial charge in [-0.15, -0.1) is 0 Å². The van der Waals surface area contributed by atoms with E-state index in [2.05, 4.69) is 31.2 Å². The number of nitriles is 1. The summed E-state index contributed by atoms with van der Waals surface area (Å²) in [6, 6.07) is 13.1. The Balaban J connectivity index is 1.84. The SMILES string of the molecule is N#Cc1ccc(Nc2cccc(Oc3ncc(Br)cn3)c2)c([N+](=O)[O-])c1. The molecule has 9 heteroatoms. The number of rotatable bonds is 5. The van der Waals surface area contributed by atoms with Crippen LogP contribution in [-0.2, 0) is 0 Å². The minimum absolute atomic E-state index is 0.176. The monoisotopic (exact) mass is 411 g/mol. The van der Waals surface area contributed by atoms with Crippen LogP contribution in [0.1, 0.15) is 5.56 Å². The summed E-state index contributed by atoms with van der Waals surface area (Å²) in [5.41, 5.74) is 0.872. The van der Waals surface area contributed by atoms with Gasteiger partial charge in [0.15, 0.2) is 0 Å². The molecule has 2 aromatic carbocycles. The number of benzene rings is 2. The van der Waals surface area contributed by atoms with Crippen molar-refractivity contribution in [2.24, 2.45) is 0 Å². The van der Waals surface area contributed by atoms with Crippen LogP contribution in [0, 0.1) is 21.4 Å². The maximum Gasteiger partial charge on any atom is 0.321 e. The van der Waals surface area contributed by atoms with Crippen molar-refractivity contribution >= 4 is 33.0 Å². The Kier molecular flexibility index (Phi) is 5.05. The van der Waals surface area contributed by atoms with Crippen LogP contribution >= 0.6 is 15.9 Å². The molecule has 0 aliphatic carbocycles. The lowest BCUT2D eigenvalue weighted by molar-refractivity contribution is -0.383. The molecule has 26 heavy (non-hydrogen) atoms. The van der Waals surface area contributed by atoms with Gasteiger partial charge in [0.2, 0.25) is 0 Å². The second-order valence-electron chi connectivity index (χ2n) is 5.04. The molecule has 1 N–H and O–H groups in total. The summed E-state index contributed by atoms with van der Waals surface area (Å²) < 4.78 is 6.30. The van der Waals surface area contributed by atoms with Crippen LogP contribution in [0.2, 0.25) is 0 Å². The van der Waals surface area contributed by atoms with Gasteiger partial charge >= 0.3 is 6.01 Å². The summed E-state index contributed by atoms with van der Waals surface area (Å²) in [5.74, 6) is 0.466. The Morgan fingerprint density at radius 2 is 1.96 bits per heavy atom. The molecule has 0 unspecified atom stereocenters. The van der Waals surface area contributed by atoms with Crippen molar-refractivity contribution in [3.8, 4) is 17.8 Å². The maximum absolute atomic E-state index is 11.2. The molecule has 0 fully saturated rings. The minimum Gasteiger partial charge on any atom is -0.424 e. The fourth-order valence-electron chi connectivity index (χ4n) is 2.11. The average molecular weight is 412 g/mol. The van der Waals surface area contributed by atoms with E-state index in [4.69, 9.17) is 10.00 Å². The van der Waals surface area contributed by atoms with Gasteiger partial charge in [-0.3, -0.25) is 10.1 Å². The molecule has 1 heterocycles. The van der Waals surface area contributed by atoms with E-state index in [-0.39, 0.29) is 22.9 Å². The van der Waals surface area contributed by atoms with E-state index in [1.807, 2.05) is 6.07 Å². The molecule has 0 spiro atoms. The number of nitrogens with zero attached hydrogens (tertiary/aromatic N) is 4. The van der Waals surface area contributed by atoms with Crippen molar-refractivity contribution in [2.45, 2.75) is 0 Å². The van der Waals surface area contributed by atoms with Gasteiger partial charge < -0.3 is 10.1 Å². The first-order valence-corrected chi connectivity index (χ1v) is 8.05. The predicted octanol–water partition coefficient (Wildman–Crippen LogP) is 4.55. The van der Waals surface area contributed by atoms with Gasteiger partial charge in [0.05, 0.1) is 21.0 Å². The van der Waals surface area contributed by atoms with Gasteiger partial charge in [0, 0.05) is 30.2 Å². The fourth-order valence-corrected chi connectivity index (χ4v) is 2.31. The Morgan fingerprint density at radius 3 is 2.65 bits per heavy atom. The van der Waals surface area contributed by atoms with E-state index in [1.165, 1.54) is 18.2 Å². The number of aromatic nitrogens is 2. The van der Waals surface area contributed by atoms with Crippen LogP contribution in [0.25, 0.3) is 0 Å². The van der Waals surface area contributed by atoms with E-state index in [0.717, 1.165) is 4.47 Å². The van der Waals surface area contributed by atoms with E-state index in [0.29, 0.717) is 11.4 Å². The zero-order chi connectivity index (χ0) is 18.5. The molecular weight excluding hydrogens is 402 g/mol. The summed E-state index contributed by atoms with van der Waals surface area (Å²) in [5, 5.41) is 23.1. The van der Waals surface area contributed by atoms with Crippen LogP contribution in [0.15, 0.2) is 59.3 Å². The summed E-state index contributed by atoms with van der Waals surface area (Å²) >= 11 is 3.24. The highest BCUT2D eigenvalue weighted by atomic mass is 79.9. The zero-order valence-corrected chi connectivity index (χ0v) is 14.7. The first kappa shape index (κ1) is 17.3. The molecule has 0 radical (unpaired) electrons. The maximum atomic E-state index is 11.2. The van der Waals surface area contributed by atoms with E-state index in [1.54, 1.807) is 36.7 Å². The third kappa shape index (κ3) is 4.12. The van der Waals surface area contributed by atoms with Gasteiger partial charge in [0.25, 0.3) is 5.69 Å². The number of ether oxygens (including phenoxy) is 1. The number of nitro groups is 1. The molecule has 0 amide bonds. The average Bonchev–Trinajstić information content (AvgIpc) is 2.64. The van der Waals surface area contributed by atoms with Crippen LogP contribution in [0.4, 0.5) is 17.1 Å². The molecule has 0 aliphatic rings. The second-order valence-corrected chi connectivity index (χ2v) is 5.96. The lowest BCUT2D eigenvalue weighted by atomic mass is 10.2.